The van der Waals surface area contributed by atoms with Crippen molar-refractivity contribution in [2.24, 2.45) is 5.73 Å². The number of H-pyrrole nitrogens is 1. The fourth-order valence-corrected chi connectivity index (χ4v) is 1.48. The first-order valence-corrected chi connectivity index (χ1v) is 5.24. The minimum absolute atomic E-state index is 0.124. The predicted octanol–water partition coefficient (Wildman–Crippen LogP) is 0.684. The Balaban J connectivity index is 2.31. The van der Waals surface area contributed by atoms with Gasteiger partial charge in [0.1, 0.15) is 0 Å². The highest BCUT2D eigenvalue weighted by atomic mass is 16.1. The van der Waals surface area contributed by atoms with Crippen LogP contribution in [0.2, 0.25) is 0 Å². The minimum Gasteiger partial charge on any atom is -0.356 e. The number of anilines is 1. The number of benzene rings is 1. The number of nitrogens with two attached hydrogens (primary N) is 1. The van der Waals surface area contributed by atoms with Crippen LogP contribution in [0, 0.1) is 0 Å². The summed E-state index contributed by atoms with van der Waals surface area (Å²) in [7, 11) is 0. The Morgan fingerprint density at radius 3 is 3.00 bits per heavy atom. The number of fused-ring (bicyclic) bond motifs is 1. The van der Waals surface area contributed by atoms with E-state index in [-0.39, 0.29) is 5.56 Å². The maximum absolute atomic E-state index is 11.7. The Morgan fingerprint density at radius 1 is 1.38 bits per heavy atom. The van der Waals surface area contributed by atoms with E-state index in [2.05, 4.69) is 15.3 Å². The van der Waals surface area contributed by atoms with Gasteiger partial charge >= 0.3 is 0 Å². The van der Waals surface area contributed by atoms with Gasteiger partial charge in [0.05, 0.1) is 10.9 Å². The lowest BCUT2D eigenvalue weighted by Crippen LogP contribution is -2.15. The molecule has 0 aliphatic carbocycles. The summed E-state index contributed by atoms with van der Waals surface area (Å²) in [5, 5.41) is 3.64. The van der Waals surface area contributed by atoms with Gasteiger partial charge in [0.25, 0.3) is 5.56 Å². The Labute approximate surface area is 92.7 Å². The average Bonchev–Trinajstić information content (AvgIpc) is 2.30. The summed E-state index contributed by atoms with van der Waals surface area (Å²) in [6, 6.07) is 7.25. The molecule has 0 radical (unpaired) electrons. The van der Waals surface area contributed by atoms with E-state index in [0.717, 1.165) is 6.42 Å². The third kappa shape index (κ3) is 2.20. The lowest BCUT2D eigenvalue weighted by molar-refractivity contribution is 0.864. The third-order valence-electron chi connectivity index (χ3n) is 2.29. The third-order valence-corrected chi connectivity index (χ3v) is 2.29. The van der Waals surface area contributed by atoms with Gasteiger partial charge in [-0.05, 0) is 25.1 Å². The van der Waals surface area contributed by atoms with Crippen molar-refractivity contribution in [3.8, 4) is 0 Å². The lowest BCUT2D eigenvalue weighted by atomic mass is 10.2. The molecule has 0 bridgehead atoms. The lowest BCUT2D eigenvalue weighted by Gasteiger charge is -2.04. The summed E-state index contributed by atoms with van der Waals surface area (Å²) < 4.78 is 0. The van der Waals surface area contributed by atoms with Crippen molar-refractivity contribution in [2.75, 3.05) is 18.4 Å². The Bertz CT molecular complexity index is 535. The second-order valence-corrected chi connectivity index (χ2v) is 3.50. The smallest absolute Gasteiger partial charge is 0.260 e. The molecule has 0 atom stereocenters. The molecule has 1 aromatic heterocycles. The first kappa shape index (κ1) is 10.6. The summed E-state index contributed by atoms with van der Waals surface area (Å²) in [4.78, 5) is 18.7. The van der Waals surface area contributed by atoms with Crippen LogP contribution in [-0.4, -0.2) is 23.1 Å². The zero-order valence-electron chi connectivity index (χ0n) is 8.86. The maximum Gasteiger partial charge on any atom is 0.260 e. The predicted molar refractivity (Wildman–Crippen MR) is 64.5 cm³/mol. The van der Waals surface area contributed by atoms with Gasteiger partial charge in [0, 0.05) is 6.54 Å². The van der Waals surface area contributed by atoms with Crippen molar-refractivity contribution in [1.29, 1.82) is 0 Å². The van der Waals surface area contributed by atoms with Gasteiger partial charge in [0.2, 0.25) is 5.95 Å². The molecule has 5 heteroatoms. The molecule has 1 heterocycles. The van der Waals surface area contributed by atoms with Crippen LogP contribution in [0.1, 0.15) is 6.42 Å². The van der Waals surface area contributed by atoms with E-state index >= 15 is 0 Å². The number of aromatic nitrogens is 2. The molecule has 0 saturated heterocycles. The highest BCUT2D eigenvalue weighted by Gasteiger charge is 2.01. The molecule has 0 amide bonds. The maximum atomic E-state index is 11.7. The fraction of sp³-hybridized carbons (Fsp3) is 0.273. The standard InChI is InChI=1S/C11H14N4O/c12-6-3-7-13-11-14-9-5-2-1-4-8(9)10(16)15-11/h1-2,4-5H,3,6-7,12H2,(H2,13,14,15,16). The average molecular weight is 218 g/mol. The van der Waals surface area contributed by atoms with Crippen LogP contribution in [0.5, 0.6) is 0 Å². The molecule has 0 aliphatic rings. The monoisotopic (exact) mass is 218 g/mol. The quantitative estimate of drug-likeness (QED) is 0.659. The largest absolute Gasteiger partial charge is 0.356 e. The van der Waals surface area contributed by atoms with Gasteiger partial charge < -0.3 is 11.1 Å². The molecule has 2 aromatic rings. The van der Waals surface area contributed by atoms with Gasteiger partial charge in [-0.3, -0.25) is 9.78 Å². The Kier molecular flexibility index (Phi) is 3.16. The Morgan fingerprint density at radius 2 is 2.19 bits per heavy atom. The highest BCUT2D eigenvalue weighted by Crippen LogP contribution is 2.07. The zero-order valence-corrected chi connectivity index (χ0v) is 8.86. The SMILES string of the molecule is NCCCNc1nc2ccccc2c(=O)[nH]1. The van der Waals surface area contributed by atoms with Crippen LogP contribution in [0.3, 0.4) is 0 Å². The van der Waals surface area contributed by atoms with Gasteiger partial charge in [0.15, 0.2) is 0 Å². The molecule has 0 fully saturated rings. The first-order valence-electron chi connectivity index (χ1n) is 5.24. The molecule has 4 N–H and O–H groups in total. The number of rotatable bonds is 4. The molecule has 16 heavy (non-hydrogen) atoms. The van der Waals surface area contributed by atoms with E-state index in [4.69, 9.17) is 5.73 Å². The molecular formula is C11H14N4O. The summed E-state index contributed by atoms with van der Waals surface area (Å²) in [6.45, 7) is 1.32. The zero-order chi connectivity index (χ0) is 11.4. The number of nitrogens with one attached hydrogen (secondary N) is 2. The summed E-state index contributed by atoms with van der Waals surface area (Å²) in [5.74, 6) is 0.497. The topological polar surface area (TPSA) is 83.8 Å². The van der Waals surface area contributed by atoms with E-state index in [1.807, 2.05) is 18.2 Å². The molecule has 1 aromatic carbocycles. The van der Waals surface area contributed by atoms with Crippen LogP contribution in [-0.2, 0) is 0 Å². The van der Waals surface area contributed by atoms with Crippen LogP contribution < -0.4 is 16.6 Å². The van der Waals surface area contributed by atoms with Crippen LogP contribution in [0.25, 0.3) is 10.9 Å². The van der Waals surface area contributed by atoms with Crippen molar-refractivity contribution in [3.63, 3.8) is 0 Å². The number of para-hydroxylation sites is 1. The van der Waals surface area contributed by atoms with Crippen LogP contribution in [0.15, 0.2) is 29.1 Å². The molecule has 0 unspecified atom stereocenters. The van der Waals surface area contributed by atoms with E-state index in [9.17, 15) is 4.79 Å². The molecule has 0 spiro atoms. The van der Waals surface area contributed by atoms with Crippen molar-refractivity contribution < 1.29 is 0 Å². The number of nitrogens with zero attached hydrogens (tertiary/aromatic N) is 1. The molecule has 0 aliphatic heterocycles. The first-order chi connectivity index (χ1) is 7.81. The van der Waals surface area contributed by atoms with Crippen molar-refractivity contribution in [3.05, 3.63) is 34.6 Å². The van der Waals surface area contributed by atoms with Crippen LogP contribution >= 0.6 is 0 Å². The van der Waals surface area contributed by atoms with Crippen molar-refractivity contribution >= 4 is 16.9 Å². The number of hydrogen-bond donors (Lipinski definition) is 3. The summed E-state index contributed by atoms with van der Waals surface area (Å²) in [5.41, 5.74) is 5.95. The van der Waals surface area contributed by atoms with Gasteiger partial charge in [-0.2, -0.15) is 0 Å². The Hall–Kier alpha value is -1.88. The molecular weight excluding hydrogens is 204 g/mol. The number of aromatic amines is 1. The normalized spacial score (nSPS) is 10.6. The van der Waals surface area contributed by atoms with E-state index in [1.54, 1.807) is 6.07 Å². The van der Waals surface area contributed by atoms with Crippen molar-refractivity contribution in [1.82, 2.24) is 9.97 Å². The summed E-state index contributed by atoms with van der Waals surface area (Å²) >= 11 is 0. The number of hydrogen-bond acceptors (Lipinski definition) is 4. The van der Waals surface area contributed by atoms with Gasteiger partial charge in [-0.1, -0.05) is 12.1 Å². The fourth-order valence-electron chi connectivity index (χ4n) is 1.48. The van der Waals surface area contributed by atoms with Crippen molar-refractivity contribution in [2.45, 2.75) is 6.42 Å². The van der Waals surface area contributed by atoms with Gasteiger partial charge in [-0.25, -0.2) is 4.98 Å². The summed E-state index contributed by atoms with van der Waals surface area (Å²) in [6.07, 6.45) is 0.844. The van der Waals surface area contributed by atoms with E-state index in [0.29, 0.717) is 29.9 Å². The minimum atomic E-state index is -0.124. The van der Waals surface area contributed by atoms with E-state index in [1.165, 1.54) is 0 Å². The molecule has 0 saturated carbocycles. The second-order valence-electron chi connectivity index (χ2n) is 3.50. The molecule has 84 valence electrons. The molecule has 2 rings (SSSR count). The van der Waals surface area contributed by atoms with E-state index < -0.39 is 0 Å². The van der Waals surface area contributed by atoms with Crippen LogP contribution in [0.4, 0.5) is 5.95 Å². The second kappa shape index (κ2) is 4.76. The highest BCUT2D eigenvalue weighted by molar-refractivity contribution is 5.78. The molecule has 5 nitrogen and oxygen atoms in total. The van der Waals surface area contributed by atoms with Gasteiger partial charge in [-0.15, -0.1) is 0 Å².